The van der Waals surface area contributed by atoms with E-state index >= 15 is 0 Å². The minimum atomic E-state index is -0.374. The van der Waals surface area contributed by atoms with Gasteiger partial charge in [-0.15, -0.1) is 0 Å². The van der Waals surface area contributed by atoms with Gasteiger partial charge in [0.25, 0.3) is 0 Å². The molecule has 1 saturated carbocycles. The zero-order chi connectivity index (χ0) is 11.2. The van der Waals surface area contributed by atoms with E-state index in [-0.39, 0.29) is 11.7 Å². The first-order chi connectivity index (χ1) is 6.87. The van der Waals surface area contributed by atoms with Gasteiger partial charge in [0.05, 0.1) is 0 Å². The van der Waals surface area contributed by atoms with Crippen molar-refractivity contribution in [2.45, 2.75) is 39.7 Å². The first-order valence-corrected chi connectivity index (χ1v) is 5.85. The van der Waals surface area contributed by atoms with Crippen LogP contribution in [0.5, 0.6) is 0 Å². The molecule has 2 aliphatic rings. The second-order valence-electron chi connectivity index (χ2n) is 6.02. The molecule has 2 rings (SSSR count). The Hall–Kier alpha value is -0.730. The summed E-state index contributed by atoms with van der Waals surface area (Å²) in [6, 6.07) is 0. The van der Waals surface area contributed by atoms with Crippen LogP contribution < -0.4 is 0 Å². The van der Waals surface area contributed by atoms with E-state index in [1.54, 1.807) is 0 Å². The quantitative estimate of drug-likeness (QED) is 0.616. The third kappa shape index (κ3) is 2.44. The van der Waals surface area contributed by atoms with Crippen molar-refractivity contribution in [1.29, 1.82) is 0 Å². The third-order valence-corrected chi connectivity index (χ3v) is 3.32. The number of likely N-dealkylation sites (tertiary alicyclic amines) is 1. The van der Waals surface area contributed by atoms with Gasteiger partial charge >= 0.3 is 6.09 Å². The number of hydrogen-bond acceptors (Lipinski definition) is 2. The minimum Gasteiger partial charge on any atom is -0.444 e. The van der Waals surface area contributed by atoms with Crippen LogP contribution in [0.4, 0.5) is 4.79 Å². The fourth-order valence-electron chi connectivity index (χ4n) is 2.49. The second kappa shape index (κ2) is 3.39. The molecule has 3 unspecified atom stereocenters. The van der Waals surface area contributed by atoms with E-state index < -0.39 is 0 Å². The molecule has 3 atom stereocenters. The Bertz CT molecular complexity index is 269. The summed E-state index contributed by atoms with van der Waals surface area (Å²) < 4.78 is 5.38. The van der Waals surface area contributed by atoms with Gasteiger partial charge < -0.3 is 9.64 Å². The van der Waals surface area contributed by atoms with Crippen LogP contribution in [0.3, 0.4) is 0 Å². The Morgan fingerprint density at radius 1 is 1.33 bits per heavy atom. The molecule has 86 valence electrons. The fourth-order valence-corrected chi connectivity index (χ4v) is 2.49. The average molecular weight is 211 g/mol. The molecule has 3 nitrogen and oxygen atoms in total. The van der Waals surface area contributed by atoms with Crippen molar-refractivity contribution in [3.8, 4) is 0 Å². The largest absolute Gasteiger partial charge is 0.444 e. The predicted octanol–water partition coefficient (Wildman–Crippen LogP) is 2.51. The molecule has 0 aromatic heterocycles. The Kier molecular flexibility index (Phi) is 2.44. The van der Waals surface area contributed by atoms with Gasteiger partial charge in [-0.1, -0.05) is 6.92 Å². The SMILES string of the molecule is CC1CN(C(=O)OC(C)(C)C)CC2CC12. The summed E-state index contributed by atoms with van der Waals surface area (Å²) in [7, 11) is 0. The maximum Gasteiger partial charge on any atom is 0.410 e. The van der Waals surface area contributed by atoms with Gasteiger partial charge in [-0.05, 0) is 44.9 Å². The smallest absolute Gasteiger partial charge is 0.410 e. The molecule has 0 spiro atoms. The van der Waals surface area contributed by atoms with Crippen molar-refractivity contribution >= 4 is 6.09 Å². The average Bonchev–Trinajstić information content (AvgIpc) is 2.79. The van der Waals surface area contributed by atoms with Crippen molar-refractivity contribution in [2.24, 2.45) is 17.8 Å². The van der Waals surface area contributed by atoms with Crippen molar-refractivity contribution in [1.82, 2.24) is 4.90 Å². The van der Waals surface area contributed by atoms with E-state index in [0.717, 1.165) is 24.9 Å². The van der Waals surface area contributed by atoms with Crippen LogP contribution in [-0.2, 0) is 4.74 Å². The Labute approximate surface area is 91.8 Å². The topological polar surface area (TPSA) is 29.5 Å². The van der Waals surface area contributed by atoms with Crippen LogP contribution in [0.2, 0.25) is 0 Å². The summed E-state index contributed by atoms with van der Waals surface area (Å²) >= 11 is 0. The van der Waals surface area contributed by atoms with Gasteiger partial charge in [-0.2, -0.15) is 0 Å². The minimum absolute atomic E-state index is 0.139. The van der Waals surface area contributed by atoms with E-state index in [1.165, 1.54) is 6.42 Å². The van der Waals surface area contributed by atoms with Crippen molar-refractivity contribution in [3.05, 3.63) is 0 Å². The summed E-state index contributed by atoms with van der Waals surface area (Å²) in [4.78, 5) is 13.7. The highest BCUT2D eigenvalue weighted by Crippen LogP contribution is 2.48. The molecule has 3 heteroatoms. The lowest BCUT2D eigenvalue weighted by Crippen LogP contribution is -2.43. The molecule has 0 N–H and O–H groups in total. The number of carbonyl (C=O) groups is 1. The van der Waals surface area contributed by atoms with Crippen LogP contribution in [0.1, 0.15) is 34.1 Å². The van der Waals surface area contributed by atoms with Gasteiger partial charge in [0, 0.05) is 13.1 Å². The molecule has 1 amide bonds. The first-order valence-electron chi connectivity index (χ1n) is 5.85. The van der Waals surface area contributed by atoms with Gasteiger partial charge in [0.1, 0.15) is 5.60 Å². The molecule has 0 aromatic carbocycles. The van der Waals surface area contributed by atoms with Gasteiger partial charge in [-0.3, -0.25) is 0 Å². The maximum absolute atomic E-state index is 11.8. The van der Waals surface area contributed by atoms with E-state index in [4.69, 9.17) is 4.74 Å². The summed E-state index contributed by atoms with van der Waals surface area (Å²) in [5.41, 5.74) is -0.374. The Morgan fingerprint density at radius 2 is 2.00 bits per heavy atom. The van der Waals surface area contributed by atoms with Crippen LogP contribution in [0, 0.1) is 17.8 Å². The second-order valence-corrected chi connectivity index (χ2v) is 6.02. The molecule has 0 bridgehead atoms. The summed E-state index contributed by atoms with van der Waals surface area (Å²) in [5.74, 6) is 2.28. The summed E-state index contributed by atoms with van der Waals surface area (Å²) in [5, 5.41) is 0. The highest BCUT2D eigenvalue weighted by atomic mass is 16.6. The molecular formula is C12H21NO2. The van der Waals surface area contributed by atoms with Gasteiger partial charge in [0.2, 0.25) is 0 Å². The predicted molar refractivity (Wildman–Crippen MR) is 58.6 cm³/mol. The highest BCUT2D eigenvalue weighted by molar-refractivity contribution is 5.68. The molecule has 0 radical (unpaired) electrons. The van der Waals surface area contributed by atoms with Crippen LogP contribution in [0.25, 0.3) is 0 Å². The lowest BCUT2D eigenvalue weighted by molar-refractivity contribution is 0.0163. The highest BCUT2D eigenvalue weighted by Gasteiger charge is 2.47. The Morgan fingerprint density at radius 3 is 2.53 bits per heavy atom. The van der Waals surface area contributed by atoms with E-state index in [9.17, 15) is 4.79 Å². The molecular weight excluding hydrogens is 190 g/mol. The van der Waals surface area contributed by atoms with E-state index in [2.05, 4.69) is 6.92 Å². The standard InChI is InChI=1S/C12H21NO2/c1-8-6-13(7-9-5-10(8)9)11(14)15-12(2,3)4/h8-10H,5-7H2,1-4H3. The van der Waals surface area contributed by atoms with Crippen molar-refractivity contribution < 1.29 is 9.53 Å². The van der Waals surface area contributed by atoms with Crippen LogP contribution in [0.15, 0.2) is 0 Å². The monoisotopic (exact) mass is 211 g/mol. The summed E-state index contributed by atoms with van der Waals surface area (Å²) in [6.45, 7) is 9.76. The van der Waals surface area contributed by atoms with E-state index in [1.807, 2.05) is 25.7 Å². The molecule has 15 heavy (non-hydrogen) atoms. The number of hydrogen-bond donors (Lipinski definition) is 0. The zero-order valence-corrected chi connectivity index (χ0v) is 10.1. The normalized spacial score (nSPS) is 34.7. The molecule has 1 aliphatic heterocycles. The molecule has 2 fully saturated rings. The number of fused-ring (bicyclic) bond motifs is 1. The van der Waals surface area contributed by atoms with Gasteiger partial charge in [-0.25, -0.2) is 4.79 Å². The number of carbonyl (C=O) groups excluding carboxylic acids is 1. The molecule has 0 aromatic rings. The lowest BCUT2D eigenvalue weighted by Gasteiger charge is -2.32. The van der Waals surface area contributed by atoms with Crippen molar-refractivity contribution in [2.75, 3.05) is 13.1 Å². The third-order valence-electron chi connectivity index (χ3n) is 3.32. The molecule has 1 heterocycles. The number of rotatable bonds is 0. The van der Waals surface area contributed by atoms with Crippen molar-refractivity contribution in [3.63, 3.8) is 0 Å². The van der Waals surface area contributed by atoms with E-state index in [0.29, 0.717) is 5.92 Å². The lowest BCUT2D eigenvalue weighted by atomic mass is 10.0. The number of amides is 1. The summed E-state index contributed by atoms with van der Waals surface area (Å²) in [6.07, 6.45) is 1.17. The zero-order valence-electron chi connectivity index (χ0n) is 10.1. The van der Waals surface area contributed by atoms with Crippen LogP contribution >= 0.6 is 0 Å². The Balaban J connectivity index is 1.90. The number of ether oxygens (including phenoxy) is 1. The van der Waals surface area contributed by atoms with Gasteiger partial charge in [0.15, 0.2) is 0 Å². The maximum atomic E-state index is 11.8. The molecule has 1 aliphatic carbocycles. The first kappa shape index (κ1) is 10.8. The van der Waals surface area contributed by atoms with Crippen LogP contribution in [-0.4, -0.2) is 29.7 Å². The number of nitrogens with zero attached hydrogens (tertiary/aromatic N) is 1. The molecule has 1 saturated heterocycles. The fraction of sp³-hybridized carbons (Fsp3) is 0.917. The number of piperidine rings is 1.